The van der Waals surface area contributed by atoms with Crippen LogP contribution in [-0.4, -0.2) is 28.1 Å². The van der Waals surface area contributed by atoms with Crippen LogP contribution in [0.4, 0.5) is 0 Å². The standard InChI is InChI=1S/C12H18N2O3/c1-8(2)9(12(16)17)7-13-11(15)10-5-4-6-14(10)3/h4-6,8-9H,7H2,1-3H3,(H,13,15)(H,16,17). The van der Waals surface area contributed by atoms with Crippen molar-refractivity contribution in [3.8, 4) is 0 Å². The van der Waals surface area contributed by atoms with Crippen molar-refractivity contribution in [1.29, 1.82) is 0 Å². The van der Waals surface area contributed by atoms with Gasteiger partial charge in [-0.05, 0) is 18.1 Å². The third-order valence-electron chi connectivity index (χ3n) is 2.78. The number of carboxylic acids is 1. The van der Waals surface area contributed by atoms with E-state index in [0.717, 1.165) is 0 Å². The second kappa shape index (κ2) is 5.52. The second-order valence-corrected chi connectivity index (χ2v) is 4.40. The van der Waals surface area contributed by atoms with Gasteiger partial charge in [-0.2, -0.15) is 0 Å². The number of carbonyl (C=O) groups is 2. The normalized spacial score (nSPS) is 12.5. The number of carbonyl (C=O) groups excluding carboxylic acids is 1. The molecule has 1 aromatic heterocycles. The summed E-state index contributed by atoms with van der Waals surface area (Å²) in [6, 6.07) is 3.46. The summed E-state index contributed by atoms with van der Waals surface area (Å²) in [6.07, 6.45) is 1.77. The fourth-order valence-corrected chi connectivity index (χ4v) is 1.60. The maximum atomic E-state index is 11.8. The molecular weight excluding hydrogens is 220 g/mol. The predicted octanol–water partition coefficient (Wildman–Crippen LogP) is 1.11. The number of hydrogen-bond acceptors (Lipinski definition) is 2. The molecule has 17 heavy (non-hydrogen) atoms. The lowest BCUT2D eigenvalue weighted by atomic mass is 9.96. The zero-order chi connectivity index (χ0) is 13.0. The molecule has 5 heteroatoms. The van der Waals surface area contributed by atoms with Gasteiger partial charge in [0.15, 0.2) is 0 Å². The van der Waals surface area contributed by atoms with Crippen molar-refractivity contribution in [1.82, 2.24) is 9.88 Å². The summed E-state index contributed by atoms with van der Waals surface area (Å²) in [5, 5.41) is 11.6. The predicted molar refractivity (Wildman–Crippen MR) is 63.7 cm³/mol. The number of nitrogens with one attached hydrogen (secondary N) is 1. The van der Waals surface area contributed by atoms with E-state index >= 15 is 0 Å². The van der Waals surface area contributed by atoms with Crippen molar-refractivity contribution in [2.75, 3.05) is 6.54 Å². The molecular formula is C12H18N2O3. The van der Waals surface area contributed by atoms with E-state index in [1.54, 1.807) is 29.9 Å². The minimum Gasteiger partial charge on any atom is -0.481 e. The van der Waals surface area contributed by atoms with Gasteiger partial charge in [0.05, 0.1) is 5.92 Å². The Bertz CT molecular complexity index is 410. The number of amides is 1. The average molecular weight is 238 g/mol. The highest BCUT2D eigenvalue weighted by molar-refractivity contribution is 5.92. The smallest absolute Gasteiger partial charge is 0.308 e. The van der Waals surface area contributed by atoms with Crippen LogP contribution in [0.25, 0.3) is 0 Å². The van der Waals surface area contributed by atoms with Crippen LogP contribution in [-0.2, 0) is 11.8 Å². The Balaban J connectivity index is 2.59. The van der Waals surface area contributed by atoms with Crippen molar-refractivity contribution in [2.45, 2.75) is 13.8 Å². The Labute approximate surface area is 100 Å². The number of nitrogens with zero attached hydrogens (tertiary/aromatic N) is 1. The largest absolute Gasteiger partial charge is 0.481 e. The van der Waals surface area contributed by atoms with Crippen LogP contribution < -0.4 is 5.32 Å². The number of hydrogen-bond donors (Lipinski definition) is 2. The van der Waals surface area contributed by atoms with Crippen LogP contribution in [0.3, 0.4) is 0 Å². The average Bonchev–Trinajstić information content (AvgIpc) is 2.63. The molecule has 1 amide bonds. The highest BCUT2D eigenvalue weighted by Gasteiger charge is 2.22. The van der Waals surface area contributed by atoms with Gasteiger partial charge in [-0.3, -0.25) is 9.59 Å². The van der Waals surface area contributed by atoms with Gasteiger partial charge in [0.25, 0.3) is 5.91 Å². The quantitative estimate of drug-likeness (QED) is 0.807. The molecule has 5 nitrogen and oxygen atoms in total. The molecule has 0 saturated carbocycles. The van der Waals surface area contributed by atoms with Crippen LogP contribution in [0.15, 0.2) is 18.3 Å². The number of aryl methyl sites for hydroxylation is 1. The third-order valence-corrected chi connectivity index (χ3v) is 2.78. The van der Waals surface area contributed by atoms with Crippen LogP contribution in [0.5, 0.6) is 0 Å². The van der Waals surface area contributed by atoms with E-state index in [0.29, 0.717) is 5.69 Å². The zero-order valence-corrected chi connectivity index (χ0v) is 10.3. The zero-order valence-electron chi connectivity index (χ0n) is 10.3. The summed E-state index contributed by atoms with van der Waals surface area (Å²) in [6.45, 7) is 3.80. The summed E-state index contributed by atoms with van der Waals surface area (Å²) in [7, 11) is 1.77. The summed E-state index contributed by atoms with van der Waals surface area (Å²) < 4.78 is 1.69. The van der Waals surface area contributed by atoms with Gasteiger partial charge in [-0.15, -0.1) is 0 Å². The molecule has 0 bridgehead atoms. The first-order valence-corrected chi connectivity index (χ1v) is 5.55. The summed E-state index contributed by atoms with van der Waals surface area (Å²) >= 11 is 0. The monoisotopic (exact) mass is 238 g/mol. The Kier molecular flexibility index (Phi) is 4.31. The Hall–Kier alpha value is -1.78. The Morgan fingerprint density at radius 2 is 2.12 bits per heavy atom. The Morgan fingerprint density at radius 3 is 2.53 bits per heavy atom. The fourth-order valence-electron chi connectivity index (χ4n) is 1.60. The first-order valence-electron chi connectivity index (χ1n) is 5.55. The van der Waals surface area contributed by atoms with Crippen molar-refractivity contribution in [3.63, 3.8) is 0 Å². The van der Waals surface area contributed by atoms with E-state index in [4.69, 9.17) is 5.11 Å². The lowest BCUT2D eigenvalue weighted by Crippen LogP contribution is -2.36. The molecule has 1 unspecified atom stereocenters. The van der Waals surface area contributed by atoms with Crippen LogP contribution >= 0.6 is 0 Å². The highest BCUT2D eigenvalue weighted by Crippen LogP contribution is 2.10. The second-order valence-electron chi connectivity index (χ2n) is 4.40. The molecule has 1 rings (SSSR count). The van der Waals surface area contributed by atoms with E-state index in [2.05, 4.69) is 5.32 Å². The number of carboxylic acid groups (broad SMARTS) is 1. The summed E-state index contributed by atoms with van der Waals surface area (Å²) in [5.74, 6) is -1.70. The summed E-state index contributed by atoms with van der Waals surface area (Å²) in [4.78, 5) is 22.7. The van der Waals surface area contributed by atoms with Gasteiger partial charge in [0.2, 0.25) is 0 Å². The third kappa shape index (κ3) is 3.34. The van der Waals surface area contributed by atoms with Gasteiger partial charge < -0.3 is 15.0 Å². The van der Waals surface area contributed by atoms with Gasteiger partial charge in [0, 0.05) is 19.8 Å². The lowest BCUT2D eigenvalue weighted by molar-refractivity contribution is -0.142. The van der Waals surface area contributed by atoms with Gasteiger partial charge in [-0.25, -0.2) is 0 Å². The minimum absolute atomic E-state index is 0.0128. The van der Waals surface area contributed by atoms with Crippen molar-refractivity contribution in [2.24, 2.45) is 18.9 Å². The van der Waals surface area contributed by atoms with Crippen molar-refractivity contribution < 1.29 is 14.7 Å². The Morgan fingerprint density at radius 1 is 1.47 bits per heavy atom. The topological polar surface area (TPSA) is 71.3 Å². The minimum atomic E-state index is -0.882. The molecule has 0 aliphatic carbocycles. The first-order chi connectivity index (χ1) is 7.93. The maximum absolute atomic E-state index is 11.8. The van der Waals surface area contributed by atoms with E-state index in [1.165, 1.54) is 0 Å². The van der Waals surface area contributed by atoms with Crippen LogP contribution in [0.1, 0.15) is 24.3 Å². The molecule has 0 radical (unpaired) electrons. The summed E-state index contributed by atoms with van der Waals surface area (Å²) in [5.41, 5.74) is 0.526. The van der Waals surface area contributed by atoms with Crippen LogP contribution in [0, 0.1) is 11.8 Å². The fraction of sp³-hybridized carbons (Fsp3) is 0.500. The number of rotatable bonds is 5. The van der Waals surface area contributed by atoms with Gasteiger partial charge in [-0.1, -0.05) is 13.8 Å². The molecule has 1 heterocycles. The van der Waals surface area contributed by atoms with Gasteiger partial charge in [0.1, 0.15) is 5.69 Å². The van der Waals surface area contributed by atoms with E-state index in [-0.39, 0.29) is 18.4 Å². The molecule has 0 aliphatic rings. The number of aromatic nitrogens is 1. The molecule has 0 saturated heterocycles. The van der Waals surface area contributed by atoms with E-state index in [9.17, 15) is 9.59 Å². The molecule has 2 N–H and O–H groups in total. The molecule has 0 fully saturated rings. The molecule has 0 aromatic carbocycles. The molecule has 0 aliphatic heterocycles. The molecule has 1 aromatic rings. The first kappa shape index (κ1) is 13.3. The SMILES string of the molecule is CC(C)C(CNC(=O)c1cccn1C)C(=O)O. The maximum Gasteiger partial charge on any atom is 0.308 e. The van der Waals surface area contributed by atoms with E-state index < -0.39 is 11.9 Å². The highest BCUT2D eigenvalue weighted by atomic mass is 16.4. The molecule has 1 atom stereocenters. The van der Waals surface area contributed by atoms with Crippen LogP contribution in [0.2, 0.25) is 0 Å². The van der Waals surface area contributed by atoms with Gasteiger partial charge >= 0.3 is 5.97 Å². The van der Waals surface area contributed by atoms with Crippen molar-refractivity contribution >= 4 is 11.9 Å². The van der Waals surface area contributed by atoms with E-state index in [1.807, 2.05) is 13.8 Å². The molecule has 94 valence electrons. The lowest BCUT2D eigenvalue weighted by Gasteiger charge is -2.16. The number of aliphatic carboxylic acids is 1. The molecule has 0 spiro atoms. The van der Waals surface area contributed by atoms with Crippen molar-refractivity contribution in [3.05, 3.63) is 24.0 Å².